The second-order valence-corrected chi connectivity index (χ2v) is 5.37. The summed E-state index contributed by atoms with van der Waals surface area (Å²) in [7, 11) is 0. The average Bonchev–Trinajstić information content (AvgIpc) is 2.44. The van der Waals surface area contributed by atoms with Crippen LogP contribution >= 0.6 is 23.2 Å². The maximum absolute atomic E-state index is 6.18. The Balaban J connectivity index is 2.36. The van der Waals surface area contributed by atoms with Gasteiger partial charge >= 0.3 is 0 Å². The Morgan fingerprint density at radius 2 is 1.71 bits per heavy atom. The highest BCUT2D eigenvalue weighted by Crippen LogP contribution is 2.32. The van der Waals surface area contributed by atoms with Gasteiger partial charge < -0.3 is 10.2 Å². The maximum atomic E-state index is 6.18. The normalized spacial score (nSPS) is 10.5. The first kappa shape index (κ1) is 15.9. The van der Waals surface area contributed by atoms with Crippen LogP contribution in [0.3, 0.4) is 0 Å². The first-order valence-corrected chi connectivity index (χ1v) is 7.62. The van der Waals surface area contributed by atoms with Crippen LogP contribution < -0.4 is 10.2 Å². The van der Waals surface area contributed by atoms with Gasteiger partial charge in [0.05, 0.1) is 15.7 Å². The third-order valence-corrected chi connectivity index (χ3v) is 3.76. The summed E-state index contributed by atoms with van der Waals surface area (Å²) in [6, 6.07) is 7.28. The Morgan fingerprint density at radius 3 is 2.29 bits per heavy atom. The highest BCUT2D eigenvalue weighted by molar-refractivity contribution is 6.39. The molecule has 2 rings (SSSR count). The molecule has 4 nitrogen and oxygen atoms in total. The predicted molar refractivity (Wildman–Crippen MR) is 90.1 cm³/mol. The number of hydrogen-bond acceptors (Lipinski definition) is 4. The van der Waals surface area contributed by atoms with Crippen LogP contribution in [0.1, 0.15) is 19.7 Å². The van der Waals surface area contributed by atoms with Gasteiger partial charge in [0.2, 0.25) is 0 Å². The van der Waals surface area contributed by atoms with E-state index in [0.29, 0.717) is 27.4 Å². The van der Waals surface area contributed by atoms with E-state index in [1.807, 2.05) is 19.1 Å². The zero-order chi connectivity index (χ0) is 15.4. The number of para-hydroxylation sites is 1. The number of anilines is 3. The van der Waals surface area contributed by atoms with Crippen LogP contribution in [0.2, 0.25) is 10.0 Å². The SMILES string of the molecule is CCN(CC)c1cc(Nc2c(Cl)cccc2Cl)nc(C)n1. The van der Waals surface area contributed by atoms with Crippen molar-refractivity contribution in [3.8, 4) is 0 Å². The fourth-order valence-corrected chi connectivity index (χ4v) is 2.56. The average molecular weight is 325 g/mol. The van der Waals surface area contributed by atoms with Crippen LogP contribution in [0, 0.1) is 6.92 Å². The Kier molecular flexibility index (Phi) is 5.26. The largest absolute Gasteiger partial charge is 0.357 e. The van der Waals surface area contributed by atoms with E-state index in [-0.39, 0.29) is 0 Å². The van der Waals surface area contributed by atoms with Crippen molar-refractivity contribution in [2.45, 2.75) is 20.8 Å². The molecule has 0 spiro atoms. The minimum Gasteiger partial charge on any atom is -0.357 e. The number of hydrogen-bond donors (Lipinski definition) is 1. The molecule has 0 bridgehead atoms. The van der Waals surface area contributed by atoms with E-state index in [0.717, 1.165) is 18.9 Å². The first-order chi connectivity index (χ1) is 10.0. The number of halogens is 2. The summed E-state index contributed by atoms with van der Waals surface area (Å²) in [5.41, 5.74) is 0.657. The van der Waals surface area contributed by atoms with E-state index in [4.69, 9.17) is 23.2 Å². The molecule has 21 heavy (non-hydrogen) atoms. The molecule has 0 aliphatic rings. The fraction of sp³-hybridized carbons (Fsp3) is 0.333. The second-order valence-electron chi connectivity index (χ2n) is 4.55. The molecule has 0 radical (unpaired) electrons. The lowest BCUT2D eigenvalue weighted by Gasteiger charge is -2.21. The number of nitrogens with one attached hydrogen (secondary N) is 1. The summed E-state index contributed by atoms with van der Waals surface area (Å²) in [5.74, 6) is 2.27. The number of aromatic nitrogens is 2. The smallest absolute Gasteiger partial charge is 0.136 e. The molecule has 1 N–H and O–H groups in total. The van der Waals surface area contributed by atoms with Gasteiger partial charge in [0.1, 0.15) is 17.5 Å². The van der Waals surface area contributed by atoms with Crippen LogP contribution in [0.15, 0.2) is 24.3 Å². The molecule has 0 saturated carbocycles. The Labute approximate surface area is 135 Å². The molecule has 6 heteroatoms. The molecule has 0 fully saturated rings. The highest BCUT2D eigenvalue weighted by Gasteiger charge is 2.10. The molecule has 0 saturated heterocycles. The van der Waals surface area contributed by atoms with Crippen molar-refractivity contribution in [3.05, 3.63) is 40.1 Å². The molecule has 2 aromatic rings. The lowest BCUT2D eigenvalue weighted by Crippen LogP contribution is -2.23. The number of rotatable bonds is 5. The maximum Gasteiger partial charge on any atom is 0.136 e. The summed E-state index contributed by atoms with van der Waals surface area (Å²) in [6.45, 7) is 7.84. The zero-order valence-corrected chi connectivity index (χ0v) is 13.8. The molecule has 0 amide bonds. The van der Waals surface area contributed by atoms with Gasteiger partial charge in [-0.25, -0.2) is 9.97 Å². The van der Waals surface area contributed by atoms with Gasteiger partial charge in [-0.1, -0.05) is 29.3 Å². The summed E-state index contributed by atoms with van der Waals surface area (Å²) in [4.78, 5) is 11.0. The monoisotopic (exact) mass is 324 g/mol. The summed E-state index contributed by atoms with van der Waals surface area (Å²) >= 11 is 12.4. The number of aryl methyl sites for hydroxylation is 1. The second kappa shape index (κ2) is 6.96. The Morgan fingerprint density at radius 1 is 1.10 bits per heavy atom. The summed E-state index contributed by atoms with van der Waals surface area (Å²) in [6.07, 6.45) is 0. The van der Waals surface area contributed by atoms with E-state index in [9.17, 15) is 0 Å². The van der Waals surface area contributed by atoms with E-state index >= 15 is 0 Å². The minimum atomic E-state index is 0.558. The van der Waals surface area contributed by atoms with Crippen LogP contribution in [-0.4, -0.2) is 23.1 Å². The van der Waals surface area contributed by atoms with Gasteiger partial charge in [0.25, 0.3) is 0 Å². The number of nitrogens with zero attached hydrogens (tertiary/aromatic N) is 3. The quantitative estimate of drug-likeness (QED) is 0.866. The van der Waals surface area contributed by atoms with E-state index in [1.165, 1.54) is 0 Å². The highest BCUT2D eigenvalue weighted by atomic mass is 35.5. The third-order valence-electron chi connectivity index (χ3n) is 3.13. The standard InChI is InChI=1S/C15H18Cl2N4/c1-4-21(5-2)14-9-13(18-10(3)19-14)20-15-11(16)7-6-8-12(15)17/h6-9H,4-5H2,1-3H3,(H,18,19,20). The minimum absolute atomic E-state index is 0.558. The molecule has 1 aromatic carbocycles. The van der Waals surface area contributed by atoms with Gasteiger partial charge in [-0.2, -0.15) is 0 Å². The molecule has 0 aliphatic heterocycles. The van der Waals surface area contributed by atoms with E-state index < -0.39 is 0 Å². The van der Waals surface area contributed by atoms with Crippen LogP contribution in [0.25, 0.3) is 0 Å². The lowest BCUT2D eigenvalue weighted by molar-refractivity contribution is 0.835. The molecule has 0 unspecified atom stereocenters. The van der Waals surface area contributed by atoms with Gasteiger partial charge in [-0.05, 0) is 32.9 Å². The summed E-state index contributed by atoms with van der Waals surface area (Å²) in [5, 5.41) is 4.30. The lowest BCUT2D eigenvalue weighted by atomic mass is 10.3. The predicted octanol–water partition coefficient (Wildman–Crippen LogP) is 4.68. The van der Waals surface area contributed by atoms with Crippen molar-refractivity contribution in [2.75, 3.05) is 23.3 Å². The van der Waals surface area contributed by atoms with Gasteiger partial charge in [0.15, 0.2) is 0 Å². The van der Waals surface area contributed by atoms with Gasteiger partial charge in [-0.15, -0.1) is 0 Å². The third kappa shape index (κ3) is 3.77. The topological polar surface area (TPSA) is 41.0 Å². The van der Waals surface area contributed by atoms with Gasteiger partial charge in [0, 0.05) is 19.2 Å². The van der Waals surface area contributed by atoms with Crippen LogP contribution in [0.5, 0.6) is 0 Å². The van der Waals surface area contributed by atoms with Crippen molar-refractivity contribution in [3.63, 3.8) is 0 Å². The van der Waals surface area contributed by atoms with Crippen molar-refractivity contribution in [1.82, 2.24) is 9.97 Å². The van der Waals surface area contributed by atoms with E-state index in [1.54, 1.807) is 12.1 Å². The first-order valence-electron chi connectivity index (χ1n) is 6.86. The molecule has 1 heterocycles. The van der Waals surface area contributed by atoms with Crippen molar-refractivity contribution in [1.29, 1.82) is 0 Å². The van der Waals surface area contributed by atoms with Gasteiger partial charge in [-0.3, -0.25) is 0 Å². The van der Waals surface area contributed by atoms with Crippen molar-refractivity contribution >= 4 is 40.5 Å². The van der Waals surface area contributed by atoms with Crippen molar-refractivity contribution in [2.24, 2.45) is 0 Å². The zero-order valence-electron chi connectivity index (χ0n) is 12.3. The Bertz CT molecular complexity index is 607. The Hall–Kier alpha value is -1.52. The fourth-order valence-electron chi connectivity index (χ4n) is 2.07. The number of benzene rings is 1. The molecule has 112 valence electrons. The summed E-state index contributed by atoms with van der Waals surface area (Å²) < 4.78 is 0. The van der Waals surface area contributed by atoms with Crippen LogP contribution in [0.4, 0.5) is 17.3 Å². The molecular weight excluding hydrogens is 307 g/mol. The molecule has 0 atom stereocenters. The van der Waals surface area contributed by atoms with Crippen molar-refractivity contribution < 1.29 is 0 Å². The molecular formula is C15H18Cl2N4. The molecule has 0 aliphatic carbocycles. The molecule has 1 aromatic heterocycles. The van der Waals surface area contributed by atoms with E-state index in [2.05, 4.69) is 34.0 Å². The van der Waals surface area contributed by atoms with Crippen LogP contribution in [-0.2, 0) is 0 Å².